The molecule has 1 saturated carbocycles. The van der Waals surface area contributed by atoms with Crippen LogP contribution in [0.4, 0.5) is 0 Å². The Hall–Kier alpha value is -1.38. The fourth-order valence-electron chi connectivity index (χ4n) is 2.82. The van der Waals surface area contributed by atoms with Crippen LogP contribution >= 0.6 is 0 Å². The average molecular weight is 246 g/mol. The van der Waals surface area contributed by atoms with Crippen LogP contribution in [-0.2, 0) is 0 Å². The standard InChI is InChI=1S/C15H22N2O/c1-11-6-4-5-7-14(11)17(3)15(18)13-9-8-12(2)16-10-13/h8-11,14H,4-7H2,1-3H3. The van der Waals surface area contributed by atoms with E-state index in [4.69, 9.17) is 0 Å². The maximum atomic E-state index is 12.4. The first kappa shape index (κ1) is 13.1. The third-order valence-corrected chi connectivity index (χ3v) is 4.04. The number of carbonyl (C=O) groups excluding carboxylic acids is 1. The molecule has 1 aromatic heterocycles. The minimum atomic E-state index is 0.0984. The highest BCUT2D eigenvalue weighted by atomic mass is 16.2. The first-order chi connectivity index (χ1) is 8.59. The van der Waals surface area contributed by atoms with Gasteiger partial charge in [0.15, 0.2) is 0 Å². The summed E-state index contributed by atoms with van der Waals surface area (Å²) in [5.74, 6) is 0.701. The molecule has 1 aliphatic rings. The Morgan fingerprint density at radius 1 is 1.33 bits per heavy atom. The summed E-state index contributed by atoms with van der Waals surface area (Å²) >= 11 is 0. The van der Waals surface area contributed by atoms with Crippen LogP contribution in [-0.4, -0.2) is 28.9 Å². The lowest BCUT2D eigenvalue weighted by molar-refractivity contribution is 0.0628. The first-order valence-corrected chi connectivity index (χ1v) is 6.79. The summed E-state index contributed by atoms with van der Waals surface area (Å²) in [6.45, 7) is 4.18. The van der Waals surface area contributed by atoms with E-state index in [1.807, 2.05) is 31.0 Å². The van der Waals surface area contributed by atoms with Crippen LogP contribution in [0, 0.1) is 12.8 Å². The average Bonchev–Trinajstić information content (AvgIpc) is 2.38. The molecule has 0 radical (unpaired) electrons. The van der Waals surface area contributed by atoms with Crippen LogP contribution in [0.1, 0.15) is 48.7 Å². The van der Waals surface area contributed by atoms with Gasteiger partial charge in [-0.15, -0.1) is 0 Å². The molecule has 2 unspecified atom stereocenters. The third-order valence-electron chi connectivity index (χ3n) is 4.04. The van der Waals surface area contributed by atoms with Gasteiger partial charge in [-0.05, 0) is 37.8 Å². The summed E-state index contributed by atoms with van der Waals surface area (Å²) < 4.78 is 0. The van der Waals surface area contributed by atoms with Crippen molar-refractivity contribution in [3.05, 3.63) is 29.6 Å². The molecule has 0 saturated heterocycles. The summed E-state index contributed by atoms with van der Waals surface area (Å²) in [5, 5.41) is 0. The predicted octanol–water partition coefficient (Wildman–Crippen LogP) is 3.04. The molecule has 1 aliphatic carbocycles. The van der Waals surface area contributed by atoms with E-state index in [9.17, 15) is 4.79 Å². The maximum Gasteiger partial charge on any atom is 0.255 e. The highest BCUT2D eigenvalue weighted by molar-refractivity contribution is 5.93. The maximum absolute atomic E-state index is 12.4. The molecule has 0 bridgehead atoms. The van der Waals surface area contributed by atoms with E-state index in [1.165, 1.54) is 19.3 Å². The van der Waals surface area contributed by atoms with Crippen LogP contribution in [0.25, 0.3) is 0 Å². The van der Waals surface area contributed by atoms with Crippen molar-refractivity contribution in [1.29, 1.82) is 0 Å². The normalized spacial score (nSPS) is 23.7. The van der Waals surface area contributed by atoms with Crippen molar-refractivity contribution in [2.45, 2.75) is 45.6 Å². The topological polar surface area (TPSA) is 33.2 Å². The number of aromatic nitrogens is 1. The first-order valence-electron chi connectivity index (χ1n) is 6.79. The van der Waals surface area contributed by atoms with Gasteiger partial charge in [0, 0.05) is 25.0 Å². The number of carbonyl (C=O) groups is 1. The molecule has 18 heavy (non-hydrogen) atoms. The van der Waals surface area contributed by atoms with Crippen molar-refractivity contribution >= 4 is 5.91 Å². The zero-order chi connectivity index (χ0) is 13.1. The number of pyridine rings is 1. The molecule has 0 aliphatic heterocycles. The van der Waals surface area contributed by atoms with E-state index in [0.29, 0.717) is 17.5 Å². The second-order valence-corrected chi connectivity index (χ2v) is 5.43. The van der Waals surface area contributed by atoms with Gasteiger partial charge in [-0.25, -0.2) is 0 Å². The van der Waals surface area contributed by atoms with Crippen molar-refractivity contribution in [3.8, 4) is 0 Å². The van der Waals surface area contributed by atoms with E-state index in [0.717, 1.165) is 12.1 Å². The Kier molecular flexibility index (Phi) is 4.00. The smallest absolute Gasteiger partial charge is 0.255 e. The summed E-state index contributed by atoms with van der Waals surface area (Å²) in [6, 6.07) is 4.15. The number of amides is 1. The number of hydrogen-bond acceptors (Lipinski definition) is 2. The minimum Gasteiger partial charge on any atom is -0.338 e. The van der Waals surface area contributed by atoms with Gasteiger partial charge in [0.2, 0.25) is 0 Å². The second-order valence-electron chi connectivity index (χ2n) is 5.43. The molecular formula is C15H22N2O. The van der Waals surface area contributed by atoms with Gasteiger partial charge in [-0.1, -0.05) is 19.8 Å². The van der Waals surface area contributed by atoms with Crippen LogP contribution < -0.4 is 0 Å². The van der Waals surface area contributed by atoms with E-state index in [-0.39, 0.29) is 5.91 Å². The van der Waals surface area contributed by atoms with Crippen LogP contribution in [0.3, 0.4) is 0 Å². The number of aryl methyl sites for hydroxylation is 1. The zero-order valence-corrected chi connectivity index (χ0v) is 11.5. The molecule has 2 atom stereocenters. The molecule has 0 N–H and O–H groups in total. The monoisotopic (exact) mass is 246 g/mol. The molecule has 1 aromatic rings. The van der Waals surface area contributed by atoms with Gasteiger partial charge in [0.25, 0.3) is 5.91 Å². The minimum absolute atomic E-state index is 0.0984. The van der Waals surface area contributed by atoms with Gasteiger partial charge < -0.3 is 4.90 Å². The van der Waals surface area contributed by atoms with Gasteiger partial charge in [-0.2, -0.15) is 0 Å². The van der Waals surface area contributed by atoms with Gasteiger partial charge in [0.05, 0.1) is 5.56 Å². The van der Waals surface area contributed by atoms with Crippen LogP contribution in [0.5, 0.6) is 0 Å². The van der Waals surface area contributed by atoms with Crippen LogP contribution in [0.2, 0.25) is 0 Å². The Morgan fingerprint density at radius 3 is 2.67 bits per heavy atom. The molecule has 0 aromatic carbocycles. The highest BCUT2D eigenvalue weighted by Gasteiger charge is 2.28. The van der Waals surface area contributed by atoms with E-state index >= 15 is 0 Å². The quantitative estimate of drug-likeness (QED) is 0.803. The SMILES string of the molecule is Cc1ccc(C(=O)N(C)C2CCCCC2C)cn1. The molecule has 1 fully saturated rings. The fraction of sp³-hybridized carbons (Fsp3) is 0.600. The zero-order valence-electron chi connectivity index (χ0n) is 11.5. The summed E-state index contributed by atoms with van der Waals surface area (Å²) in [5.41, 5.74) is 1.64. The van der Waals surface area contributed by atoms with Gasteiger partial charge in [-0.3, -0.25) is 9.78 Å². The van der Waals surface area contributed by atoms with E-state index in [2.05, 4.69) is 11.9 Å². The highest BCUT2D eigenvalue weighted by Crippen LogP contribution is 2.28. The predicted molar refractivity (Wildman–Crippen MR) is 72.5 cm³/mol. The Labute approximate surface area is 109 Å². The number of hydrogen-bond donors (Lipinski definition) is 0. The molecule has 1 heterocycles. The molecule has 1 amide bonds. The molecule has 0 spiro atoms. The summed E-state index contributed by atoms with van der Waals surface area (Å²) in [6.07, 6.45) is 6.57. The second kappa shape index (κ2) is 5.51. The Morgan fingerprint density at radius 2 is 2.06 bits per heavy atom. The number of rotatable bonds is 2. The van der Waals surface area contributed by atoms with E-state index < -0.39 is 0 Å². The van der Waals surface area contributed by atoms with Crippen molar-refractivity contribution in [2.24, 2.45) is 5.92 Å². The van der Waals surface area contributed by atoms with Gasteiger partial charge in [0.1, 0.15) is 0 Å². The molecule has 3 nitrogen and oxygen atoms in total. The lowest BCUT2D eigenvalue weighted by Crippen LogP contribution is -2.42. The fourth-order valence-corrected chi connectivity index (χ4v) is 2.82. The van der Waals surface area contributed by atoms with Crippen molar-refractivity contribution in [1.82, 2.24) is 9.88 Å². The molecular weight excluding hydrogens is 224 g/mol. The molecule has 98 valence electrons. The van der Waals surface area contributed by atoms with Crippen LogP contribution in [0.15, 0.2) is 18.3 Å². The van der Waals surface area contributed by atoms with Gasteiger partial charge >= 0.3 is 0 Å². The lowest BCUT2D eigenvalue weighted by atomic mass is 9.85. The molecule has 3 heteroatoms. The van der Waals surface area contributed by atoms with Crippen molar-refractivity contribution in [2.75, 3.05) is 7.05 Å². The largest absolute Gasteiger partial charge is 0.338 e. The molecule has 2 rings (SSSR count). The van der Waals surface area contributed by atoms with Crippen molar-refractivity contribution < 1.29 is 4.79 Å². The summed E-state index contributed by atoms with van der Waals surface area (Å²) in [7, 11) is 1.93. The van der Waals surface area contributed by atoms with E-state index in [1.54, 1.807) is 6.20 Å². The number of nitrogens with zero attached hydrogens (tertiary/aromatic N) is 2. The Balaban J connectivity index is 2.10. The van der Waals surface area contributed by atoms with Crippen molar-refractivity contribution in [3.63, 3.8) is 0 Å². The Bertz CT molecular complexity index is 413. The summed E-state index contributed by atoms with van der Waals surface area (Å²) in [4.78, 5) is 18.5. The lowest BCUT2D eigenvalue weighted by Gasteiger charge is -2.36. The third kappa shape index (κ3) is 2.71.